The Morgan fingerprint density at radius 3 is 3.06 bits per heavy atom. The molecule has 2 aromatic rings. The molecular formula is C13H12N2O. The summed E-state index contributed by atoms with van der Waals surface area (Å²) >= 11 is 0. The summed E-state index contributed by atoms with van der Waals surface area (Å²) in [7, 11) is 0. The monoisotopic (exact) mass is 212 g/mol. The van der Waals surface area contributed by atoms with Gasteiger partial charge in [0.1, 0.15) is 0 Å². The van der Waals surface area contributed by atoms with Crippen LogP contribution in [0.1, 0.15) is 12.8 Å². The molecule has 0 fully saturated rings. The van der Waals surface area contributed by atoms with Crippen molar-refractivity contribution in [3.63, 3.8) is 0 Å². The Morgan fingerprint density at radius 2 is 2.25 bits per heavy atom. The lowest BCUT2D eigenvalue weighted by atomic mass is 10.2. The molecule has 0 saturated carbocycles. The number of carbonyl (C=O) groups is 1. The summed E-state index contributed by atoms with van der Waals surface area (Å²) in [5.74, 6) is 2.61. The molecule has 3 nitrogen and oxygen atoms in total. The summed E-state index contributed by atoms with van der Waals surface area (Å²) in [6, 6.07) is 7.75. The van der Waals surface area contributed by atoms with E-state index in [1.54, 1.807) is 6.33 Å². The van der Waals surface area contributed by atoms with Crippen LogP contribution in [-0.2, 0) is 11.3 Å². The van der Waals surface area contributed by atoms with Crippen molar-refractivity contribution in [1.29, 1.82) is 0 Å². The molecule has 16 heavy (non-hydrogen) atoms. The highest BCUT2D eigenvalue weighted by Crippen LogP contribution is 2.11. The summed E-state index contributed by atoms with van der Waals surface area (Å²) in [6.07, 6.45) is 7.75. The average Bonchev–Trinajstić information content (AvgIpc) is 2.70. The number of hydrogen-bond acceptors (Lipinski definition) is 2. The molecule has 0 saturated heterocycles. The van der Waals surface area contributed by atoms with Gasteiger partial charge < -0.3 is 4.57 Å². The number of para-hydroxylation sites is 2. The fourth-order valence-corrected chi connectivity index (χ4v) is 1.62. The van der Waals surface area contributed by atoms with E-state index >= 15 is 0 Å². The molecule has 0 atom stereocenters. The molecule has 1 heterocycles. The molecule has 3 heteroatoms. The predicted octanol–water partition coefficient (Wildman–Crippen LogP) is 2.02. The van der Waals surface area contributed by atoms with Crippen molar-refractivity contribution in [3.05, 3.63) is 30.6 Å². The third-order valence-corrected chi connectivity index (χ3v) is 2.42. The number of ketones is 1. The minimum absolute atomic E-state index is 0.140. The van der Waals surface area contributed by atoms with Crippen LogP contribution in [0.4, 0.5) is 0 Å². The first kappa shape index (κ1) is 10.4. The molecule has 1 aromatic carbocycles. The maximum atomic E-state index is 11.6. The van der Waals surface area contributed by atoms with Crippen molar-refractivity contribution >= 4 is 16.8 Å². The van der Waals surface area contributed by atoms with Crippen LogP contribution in [0, 0.1) is 12.3 Å². The van der Waals surface area contributed by atoms with E-state index in [4.69, 9.17) is 6.42 Å². The Balaban J connectivity index is 2.16. The molecule has 80 valence electrons. The molecule has 0 aliphatic heterocycles. The van der Waals surface area contributed by atoms with Gasteiger partial charge in [0.25, 0.3) is 0 Å². The third-order valence-electron chi connectivity index (χ3n) is 2.42. The SMILES string of the molecule is C#CCCC(=O)Cn1cnc2ccccc21. The summed E-state index contributed by atoms with van der Waals surface area (Å²) in [5.41, 5.74) is 1.89. The number of Topliss-reactive ketones (excluding diaryl/α,β-unsaturated/α-hetero) is 1. The lowest BCUT2D eigenvalue weighted by Crippen LogP contribution is -2.08. The number of nitrogens with zero attached hydrogens (tertiary/aromatic N) is 2. The Hall–Kier alpha value is -2.08. The van der Waals surface area contributed by atoms with E-state index < -0.39 is 0 Å². The van der Waals surface area contributed by atoms with Crippen molar-refractivity contribution in [2.75, 3.05) is 0 Å². The van der Waals surface area contributed by atoms with Gasteiger partial charge in [0.15, 0.2) is 5.78 Å². The maximum absolute atomic E-state index is 11.6. The summed E-state index contributed by atoms with van der Waals surface area (Å²) in [4.78, 5) is 15.8. The van der Waals surface area contributed by atoms with Gasteiger partial charge in [-0.05, 0) is 12.1 Å². The fourth-order valence-electron chi connectivity index (χ4n) is 1.62. The zero-order chi connectivity index (χ0) is 11.4. The van der Waals surface area contributed by atoms with E-state index in [1.165, 1.54) is 0 Å². The topological polar surface area (TPSA) is 34.9 Å². The van der Waals surface area contributed by atoms with Gasteiger partial charge >= 0.3 is 0 Å². The first-order valence-corrected chi connectivity index (χ1v) is 5.16. The zero-order valence-electron chi connectivity index (χ0n) is 8.89. The van der Waals surface area contributed by atoms with Crippen LogP contribution in [-0.4, -0.2) is 15.3 Å². The lowest BCUT2D eigenvalue weighted by Gasteiger charge is -2.01. The van der Waals surface area contributed by atoms with Crippen LogP contribution >= 0.6 is 0 Å². The second-order valence-electron chi connectivity index (χ2n) is 3.60. The van der Waals surface area contributed by atoms with E-state index in [1.807, 2.05) is 28.8 Å². The number of aromatic nitrogens is 2. The number of hydrogen-bond donors (Lipinski definition) is 0. The number of carbonyl (C=O) groups excluding carboxylic acids is 1. The number of fused-ring (bicyclic) bond motifs is 1. The van der Waals surface area contributed by atoms with E-state index in [9.17, 15) is 4.79 Å². The lowest BCUT2D eigenvalue weighted by molar-refractivity contribution is -0.119. The first-order valence-electron chi connectivity index (χ1n) is 5.16. The smallest absolute Gasteiger partial charge is 0.153 e. The van der Waals surface area contributed by atoms with Gasteiger partial charge in [-0.15, -0.1) is 12.3 Å². The van der Waals surface area contributed by atoms with Crippen LogP contribution in [0.3, 0.4) is 0 Å². The Kier molecular flexibility index (Phi) is 3.02. The van der Waals surface area contributed by atoms with E-state index in [-0.39, 0.29) is 5.78 Å². The molecule has 0 radical (unpaired) electrons. The van der Waals surface area contributed by atoms with Crippen molar-refractivity contribution in [3.8, 4) is 12.3 Å². The van der Waals surface area contributed by atoms with E-state index in [0.717, 1.165) is 11.0 Å². The summed E-state index contributed by atoms with van der Waals surface area (Å²) in [6.45, 7) is 0.349. The molecule has 0 aliphatic rings. The molecular weight excluding hydrogens is 200 g/mol. The Labute approximate surface area is 94.1 Å². The highest BCUT2D eigenvalue weighted by molar-refractivity contribution is 5.81. The number of terminal acetylenes is 1. The van der Waals surface area contributed by atoms with Gasteiger partial charge in [-0.1, -0.05) is 12.1 Å². The number of benzene rings is 1. The molecule has 0 aliphatic carbocycles. The van der Waals surface area contributed by atoms with Crippen LogP contribution in [0.15, 0.2) is 30.6 Å². The normalized spacial score (nSPS) is 10.2. The van der Waals surface area contributed by atoms with Gasteiger partial charge in [0, 0.05) is 12.8 Å². The predicted molar refractivity (Wildman–Crippen MR) is 62.8 cm³/mol. The standard InChI is InChI=1S/C13H12N2O/c1-2-3-6-11(16)9-15-10-14-12-7-4-5-8-13(12)15/h1,4-5,7-8,10H,3,6,9H2. The first-order chi connectivity index (χ1) is 7.81. The molecule has 1 aromatic heterocycles. The maximum Gasteiger partial charge on any atom is 0.153 e. The third kappa shape index (κ3) is 2.12. The van der Waals surface area contributed by atoms with E-state index in [2.05, 4.69) is 10.9 Å². The quantitative estimate of drug-likeness (QED) is 0.727. The van der Waals surface area contributed by atoms with Gasteiger partial charge in [0.05, 0.1) is 23.9 Å². The largest absolute Gasteiger partial charge is 0.323 e. The molecule has 0 N–H and O–H groups in total. The molecule has 0 bridgehead atoms. The summed E-state index contributed by atoms with van der Waals surface area (Å²) in [5, 5.41) is 0. The second kappa shape index (κ2) is 4.63. The minimum atomic E-state index is 0.140. The minimum Gasteiger partial charge on any atom is -0.323 e. The van der Waals surface area contributed by atoms with E-state index in [0.29, 0.717) is 19.4 Å². The van der Waals surface area contributed by atoms with Gasteiger partial charge in [-0.2, -0.15) is 0 Å². The Morgan fingerprint density at radius 1 is 1.44 bits per heavy atom. The van der Waals surface area contributed by atoms with Crippen LogP contribution in [0.5, 0.6) is 0 Å². The van der Waals surface area contributed by atoms with Crippen LogP contribution in [0.2, 0.25) is 0 Å². The second-order valence-corrected chi connectivity index (χ2v) is 3.60. The average molecular weight is 212 g/mol. The molecule has 0 amide bonds. The van der Waals surface area contributed by atoms with Crippen molar-refractivity contribution in [2.45, 2.75) is 19.4 Å². The zero-order valence-corrected chi connectivity index (χ0v) is 8.89. The molecule has 2 rings (SSSR count). The number of imidazole rings is 1. The van der Waals surface area contributed by atoms with Crippen LogP contribution < -0.4 is 0 Å². The van der Waals surface area contributed by atoms with Crippen LogP contribution in [0.25, 0.3) is 11.0 Å². The van der Waals surface area contributed by atoms with Gasteiger partial charge in [-0.25, -0.2) is 4.98 Å². The highest BCUT2D eigenvalue weighted by atomic mass is 16.1. The van der Waals surface area contributed by atoms with Gasteiger partial charge in [0.2, 0.25) is 0 Å². The van der Waals surface area contributed by atoms with Crippen molar-refractivity contribution < 1.29 is 4.79 Å². The summed E-state index contributed by atoms with van der Waals surface area (Å²) < 4.78 is 1.86. The fraction of sp³-hybridized carbons (Fsp3) is 0.231. The number of rotatable bonds is 4. The molecule has 0 unspecified atom stereocenters. The Bertz CT molecular complexity index is 548. The van der Waals surface area contributed by atoms with Crippen molar-refractivity contribution in [1.82, 2.24) is 9.55 Å². The van der Waals surface area contributed by atoms with Crippen molar-refractivity contribution in [2.24, 2.45) is 0 Å². The van der Waals surface area contributed by atoms with Gasteiger partial charge in [-0.3, -0.25) is 4.79 Å². The highest BCUT2D eigenvalue weighted by Gasteiger charge is 2.05. The molecule has 0 spiro atoms.